The molecule has 9 heteroatoms. The quantitative estimate of drug-likeness (QED) is 0.318. The Bertz CT molecular complexity index is 391. The third kappa shape index (κ3) is 4.97. The van der Waals surface area contributed by atoms with Crippen molar-refractivity contribution >= 4 is 35.9 Å². The third-order valence-electron chi connectivity index (χ3n) is 1.82. The van der Waals surface area contributed by atoms with Gasteiger partial charge in [-0.3, -0.25) is 4.99 Å². The van der Waals surface area contributed by atoms with Crippen LogP contribution in [0.5, 0.6) is 0 Å². The summed E-state index contributed by atoms with van der Waals surface area (Å²) in [5.41, 5.74) is 5.61. The van der Waals surface area contributed by atoms with Crippen molar-refractivity contribution in [1.29, 1.82) is 0 Å². The van der Waals surface area contributed by atoms with Crippen LogP contribution in [0.15, 0.2) is 11.2 Å². The Morgan fingerprint density at radius 1 is 1.71 bits per heavy atom. The van der Waals surface area contributed by atoms with Gasteiger partial charge >= 0.3 is 5.97 Å². The molecule has 1 rings (SSSR count). The fourth-order valence-corrected chi connectivity index (χ4v) is 0.983. The molecular formula is C8H15IN6O2. The lowest BCUT2D eigenvalue weighted by molar-refractivity contribution is 0.0594. The Balaban J connectivity index is 0.00000256. The zero-order valence-corrected chi connectivity index (χ0v) is 11.9. The van der Waals surface area contributed by atoms with Crippen molar-refractivity contribution in [3.63, 3.8) is 0 Å². The minimum absolute atomic E-state index is 0. The highest BCUT2D eigenvalue weighted by Crippen LogP contribution is 1.94. The highest BCUT2D eigenvalue weighted by atomic mass is 127. The van der Waals surface area contributed by atoms with E-state index in [1.54, 1.807) is 7.05 Å². The molecule has 1 heterocycles. The average molecular weight is 354 g/mol. The molecule has 0 amide bonds. The maximum atomic E-state index is 11.1. The number of esters is 1. The van der Waals surface area contributed by atoms with Crippen molar-refractivity contribution in [2.75, 3.05) is 20.7 Å². The molecule has 0 saturated carbocycles. The van der Waals surface area contributed by atoms with E-state index in [1.807, 2.05) is 0 Å². The number of hydrogen-bond donors (Lipinski definition) is 2. The number of methoxy groups -OCH3 is 1. The second-order valence-electron chi connectivity index (χ2n) is 2.89. The molecule has 0 aliphatic heterocycles. The number of nitrogens with two attached hydrogens (primary N) is 1. The standard InChI is InChI=1S/C8H14N6O2.HI/c1-10-8(9)11-3-4-14-5-6(12-13-14)7(15)16-2;/h5H,3-4H2,1-2H3,(H3,9,10,11);1H. The summed E-state index contributed by atoms with van der Waals surface area (Å²) in [7, 11) is 2.88. The number of nitrogens with zero attached hydrogens (tertiary/aromatic N) is 4. The van der Waals surface area contributed by atoms with E-state index in [2.05, 4.69) is 25.4 Å². The first-order valence-electron chi connectivity index (χ1n) is 4.62. The summed E-state index contributed by atoms with van der Waals surface area (Å²) in [4.78, 5) is 14.8. The number of nitrogens with one attached hydrogen (secondary N) is 1. The molecule has 0 unspecified atom stereocenters. The van der Waals surface area contributed by atoms with Gasteiger partial charge in [0.15, 0.2) is 11.7 Å². The van der Waals surface area contributed by atoms with Crippen molar-refractivity contribution < 1.29 is 9.53 Å². The fraction of sp³-hybridized carbons (Fsp3) is 0.500. The molecule has 0 fully saturated rings. The number of aromatic nitrogens is 3. The van der Waals surface area contributed by atoms with Crippen LogP contribution in [0, 0.1) is 0 Å². The van der Waals surface area contributed by atoms with Gasteiger partial charge < -0.3 is 15.8 Å². The van der Waals surface area contributed by atoms with Crippen LogP contribution in [0.3, 0.4) is 0 Å². The predicted octanol–water partition coefficient (Wildman–Crippen LogP) is -0.783. The molecule has 1 aromatic heterocycles. The maximum absolute atomic E-state index is 11.1. The Kier molecular flexibility index (Phi) is 7.18. The van der Waals surface area contributed by atoms with Crippen molar-refractivity contribution in [2.45, 2.75) is 6.54 Å². The second kappa shape index (κ2) is 7.81. The van der Waals surface area contributed by atoms with Crippen LogP contribution in [0.4, 0.5) is 0 Å². The van der Waals surface area contributed by atoms with Crippen molar-refractivity contribution in [1.82, 2.24) is 20.3 Å². The number of guanidine groups is 1. The molecule has 0 aliphatic rings. The Labute approximate surface area is 116 Å². The molecule has 17 heavy (non-hydrogen) atoms. The SMILES string of the molecule is CN=C(N)NCCn1cc(C(=O)OC)nn1.I. The van der Waals surface area contributed by atoms with Crippen molar-refractivity contribution in [3.05, 3.63) is 11.9 Å². The number of carbonyl (C=O) groups excluding carboxylic acids is 1. The van der Waals surface area contributed by atoms with Gasteiger partial charge in [-0.25, -0.2) is 9.48 Å². The number of aliphatic imine (C=N–C) groups is 1. The number of carbonyl (C=O) groups is 1. The van der Waals surface area contributed by atoms with Crippen LogP contribution in [0.2, 0.25) is 0 Å². The topological polar surface area (TPSA) is 107 Å². The average Bonchev–Trinajstić information content (AvgIpc) is 2.76. The summed E-state index contributed by atoms with van der Waals surface area (Å²) in [6, 6.07) is 0. The zero-order chi connectivity index (χ0) is 12.0. The van der Waals surface area contributed by atoms with E-state index in [0.717, 1.165) is 0 Å². The summed E-state index contributed by atoms with van der Waals surface area (Å²) in [5.74, 6) is -0.151. The van der Waals surface area contributed by atoms with Gasteiger partial charge in [-0.1, -0.05) is 5.21 Å². The molecule has 0 bridgehead atoms. The fourth-order valence-electron chi connectivity index (χ4n) is 0.983. The molecule has 1 aromatic rings. The second-order valence-corrected chi connectivity index (χ2v) is 2.89. The summed E-state index contributed by atoms with van der Waals surface area (Å²) in [5, 5.41) is 10.3. The minimum Gasteiger partial charge on any atom is -0.464 e. The Morgan fingerprint density at radius 3 is 3.00 bits per heavy atom. The summed E-state index contributed by atoms with van der Waals surface area (Å²) in [6.07, 6.45) is 1.51. The monoisotopic (exact) mass is 354 g/mol. The van der Waals surface area contributed by atoms with Crippen molar-refractivity contribution in [3.8, 4) is 0 Å². The normalized spacial score (nSPS) is 10.6. The predicted molar refractivity (Wildman–Crippen MR) is 72.3 cm³/mol. The van der Waals surface area contributed by atoms with Crippen LogP contribution in [-0.4, -0.2) is 47.6 Å². The third-order valence-corrected chi connectivity index (χ3v) is 1.82. The van der Waals surface area contributed by atoms with E-state index in [4.69, 9.17) is 5.73 Å². The van der Waals surface area contributed by atoms with E-state index in [9.17, 15) is 4.79 Å². The van der Waals surface area contributed by atoms with Crippen LogP contribution < -0.4 is 11.1 Å². The number of ether oxygens (including phenoxy) is 1. The highest BCUT2D eigenvalue weighted by Gasteiger charge is 2.09. The summed E-state index contributed by atoms with van der Waals surface area (Å²) < 4.78 is 6.02. The van der Waals surface area contributed by atoms with Gasteiger partial charge in [0, 0.05) is 13.6 Å². The van der Waals surface area contributed by atoms with E-state index in [1.165, 1.54) is 18.0 Å². The summed E-state index contributed by atoms with van der Waals surface area (Å²) in [6.45, 7) is 1.08. The first-order valence-corrected chi connectivity index (χ1v) is 4.62. The zero-order valence-electron chi connectivity index (χ0n) is 9.58. The van der Waals surface area contributed by atoms with Crippen LogP contribution in [0.1, 0.15) is 10.5 Å². The molecule has 0 saturated heterocycles. The van der Waals surface area contributed by atoms with Gasteiger partial charge in [-0.15, -0.1) is 29.1 Å². The highest BCUT2D eigenvalue weighted by molar-refractivity contribution is 14.0. The first kappa shape index (κ1) is 15.6. The van der Waals surface area contributed by atoms with E-state index >= 15 is 0 Å². The Hall–Kier alpha value is -1.39. The van der Waals surface area contributed by atoms with E-state index in [0.29, 0.717) is 19.0 Å². The largest absolute Gasteiger partial charge is 0.464 e. The van der Waals surface area contributed by atoms with Crippen LogP contribution in [0.25, 0.3) is 0 Å². The molecule has 3 N–H and O–H groups in total. The smallest absolute Gasteiger partial charge is 0.360 e. The van der Waals surface area contributed by atoms with Gasteiger partial charge in [-0.2, -0.15) is 0 Å². The lowest BCUT2D eigenvalue weighted by atomic mass is 10.5. The van der Waals surface area contributed by atoms with Crippen molar-refractivity contribution in [2.24, 2.45) is 10.7 Å². The maximum Gasteiger partial charge on any atom is 0.360 e. The van der Waals surface area contributed by atoms with Crippen LogP contribution in [-0.2, 0) is 11.3 Å². The molecule has 0 aliphatic carbocycles. The Morgan fingerprint density at radius 2 is 2.41 bits per heavy atom. The molecule has 0 atom stereocenters. The van der Waals surface area contributed by atoms with Gasteiger partial charge in [0.05, 0.1) is 19.9 Å². The number of hydrogen-bond acceptors (Lipinski definition) is 5. The molecule has 0 aromatic carbocycles. The van der Waals surface area contributed by atoms with Gasteiger partial charge in [-0.05, 0) is 0 Å². The lowest BCUT2D eigenvalue weighted by Gasteiger charge is -2.03. The number of rotatable bonds is 4. The molecule has 0 radical (unpaired) electrons. The molecule has 96 valence electrons. The van der Waals surface area contributed by atoms with Gasteiger partial charge in [0.1, 0.15) is 0 Å². The molecule has 0 spiro atoms. The first-order chi connectivity index (χ1) is 7.67. The lowest BCUT2D eigenvalue weighted by Crippen LogP contribution is -2.33. The van der Waals surface area contributed by atoms with Gasteiger partial charge in [0.25, 0.3) is 0 Å². The van der Waals surface area contributed by atoms with Crippen LogP contribution >= 0.6 is 24.0 Å². The summed E-state index contributed by atoms with van der Waals surface area (Å²) >= 11 is 0. The minimum atomic E-state index is -0.506. The molecular weight excluding hydrogens is 339 g/mol. The molecule has 8 nitrogen and oxygen atoms in total. The number of halogens is 1. The van der Waals surface area contributed by atoms with Gasteiger partial charge in [0.2, 0.25) is 0 Å². The van der Waals surface area contributed by atoms with E-state index in [-0.39, 0.29) is 29.7 Å². The van der Waals surface area contributed by atoms with E-state index < -0.39 is 5.97 Å².